The minimum Gasteiger partial charge on any atom is -0.497 e. The average Bonchev–Trinajstić information content (AvgIpc) is 2.98. The number of hydrogen-bond acceptors (Lipinski definition) is 4. The molecule has 8 heteroatoms. The third-order valence-corrected chi connectivity index (χ3v) is 5.27. The summed E-state index contributed by atoms with van der Waals surface area (Å²) in [6.07, 6.45) is 0. The van der Waals surface area contributed by atoms with E-state index < -0.39 is 11.7 Å². The van der Waals surface area contributed by atoms with E-state index in [1.165, 1.54) is 23.5 Å². The molecule has 3 rings (SSSR count). The number of fused-ring (bicyclic) bond motifs is 1. The van der Waals surface area contributed by atoms with Crippen molar-refractivity contribution in [2.24, 2.45) is 4.99 Å². The van der Waals surface area contributed by atoms with Crippen LogP contribution in [0.1, 0.15) is 17.3 Å². The van der Waals surface area contributed by atoms with Crippen molar-refractivity contribution in [3.05, 3.63) is 57.6 Å². The van der Waals surface area contributed by atoms with E-state index >= 15 is 0 Å². The largest absolute Gasteiger partial charge is 0.497 e. The number of hydrogen-bond donors (Lipinski definition) is 0. The number of ether oxygens (including phenoxy) is 2. The van der Waals surface area contributed by atoms with Crippen LogP contribution in [0.2, 0.25) is 5.02 Å². The Balaban J connectivity index is 2.08. The van der Waals surface area contributed by atoms with Crippen LogP contribution >= 0.6 is 22.9 Å². The van der Waals surface area contributed by atoms with E-state index in [0.717, 1.165) is 22.0 Å². The maximum atomic E-state index is 13.2. The summed E-state index contributed by atoms with van der Waals surface area (Å²) < 4.78 is 26.8. The standard InChI is InChI=1S/C19H18ClFN2O3S/c1-3-26-9-8-23-16-7-5-13(25-2)11-17(16)27-19(23)22-18(24)14-6-4-12(21)10-15(14)20/h4-7,10-11H,3,8-9H2,1-2H3. The van der Waals surface area contributed by atoms with Crippen LogP contribution in [0, 0.1) is 5.82 Å². The molecule has 0 saturated heterocycles. The average molecular weight is 409 g/mol. The summed E-state index contributed by atoms with van der Waals surface area (Å²) in [7, 11) is 1.60. The van der Waals surface area contributed by atoms with E-state index in [-0.39, 0.29) is 10.6 Å². The van der Waals surface area contributed by atoms with Crippen LogP contribution < -0.4 is 9.54 Å². The molecule has 0 bridgehead atoms. The summed E-state index contributed by atoms with van der Waals surface area (Å²) in [6.45, 7) is 3.57. The van der Waals surface area contributed by atoms with Crippen molar-refractivity contribution in [3.63, 3.8) is 0 Å². The predicted molar refractivity (Wildman–Crippen MR) is 104 cm³/mol. The summed E-state index contributed by atoms with van der Waals surface area (Å²) >= 11 is 7.36. The van der Waals surface area contributed by atoms with E-state index in [1.807, 2.05) is 29.7 Å². The Morgan fingerprint density at radius 2 is 2.11 bits per heavy atom. The van der Waals surface area contributed by atoms with Gasteiger partial charge in [-0.3, -0.25) is 4.79 Å². The second-order valence-electron chi connectivity index (χ2n) is 5.61. The number of carbonyl (C=O) groups excluding carboxylic acids is 1. The van der Waals surface area contributed by atoms with Crippen LogP contribution in [-0.2, 0) is 11.3 Å². The van der Waals surface area contributed by atoms with E-state index in [0.29, 0.717) is 24.6 Å². The molecule has 0 atom stereocenters. The Morgan fingerprint density at radius 3 is 2.81 bits per heavy atom. The van der Waals surface area contributed by atoms with Gasteiger partial charge in [0.1, 0.15) is 11.6 Å². The zero-order valence-corrected chi connectivity index (χ0v) is 16.4. The molecule has 0 N–H and O–H groups in total. The molecule has 0 aliphatic carbocycles. The molecular formula is C19H18ClFN2O3S. The summed E-state index contributed by atoms with van der Waals surface area (Å²) in [5, 5.41) is 0.0346. The van der Waals surface area contributed by atoms with E-state index in [4.69, 9.17) is 21.1 Å². The van der Waals surface area contributed by atoms with Gasteiger partial charge in [-0.25, -0.2) is 4.39 Å². The highest BCUT2D eigenvalue weighted by Gasteiger charge is 2.13. The Labute approximate surface area is 164 Å². The second-order valence-corrected chi connectivity index (χ2v) is 7.02. The lowest BCUT2D eigenvalue weighted by molar-refractivity contribution is 0.0996. The molecule has 1 amide bonds. The Morgan fingerprint density at radius 1 is 1.30 bits per heavy atom. The second kappa shape index (κ2) is 8.65. The topological polar surface area (TPSA) is 52.8 Å². The monoisotopic (exact) mass is 408 g/mol. The maximum absolute atomic E-state index is 13.2. The van der Waals surface area contributed by atoms with Crippen molar-refractivity contribution in [2.45, 2.75) is 13.5 Å². The predicted octanol–water partition coefficient (Wildman–Crippen LogP) is 4.28. The number of rotatable bonds is 6. The van der Waals surface area contributed by atoms with Gasteiger partial charge in [-0.15, -0.1) is 0 Å². The highest BCUT2D eigenvalue weighted by Crippen LogP contribution is 2.24. The van der Waals surface area contributed by atoms with E-state index in [1.54, 1.807) is 7.11 Å². The van der Waals surface area contributed by atoms with E-state index in [9.17, 15) is 9.18 Å². The summed E-state index contributed by atoms with van der Waals surface area (Å²) in [6, 6.07) is 9.30. The van der Waals surface area contributed by atoms with Gasteiger partial charge < -0.3 is 14.0 Å². The molecule has 0 spiro atoms. The summed E-state index contributed by atoms with van der Waals surface area (Å²) in [4.78, 5) is 17.3. The maximum Gasteiger partial charge on any atom is 0.281 e. The first-order valence-corrected chi connectivity index (χ1v) is 9.52. The van der Waals surface area contributed by atoms with Crippen LogP contribution in [0.5, 0.6) is 5.75 Å². The number of aromatic nitrogens is 1. The molecule has 0 aliphatic heterocycles. The Kier molecular flexibility index (Phi) is 6.26. The number of benzene rings is 2. The number of amides is 1. The van der Waals surface area contributed by atoms with Gasteiger partial charge in [0.15, 0.2) is 4.80 Å². The molecular weight excluding hydrogens is 391 g/mol. The lowest BCUT2D eigenvalue weighted by Crippen LogP contribution is -2.19. The van der Waals surface area contributed by atoms with Gasteiger partial charge in [0.25, 0.3) is 5.91 Å². The number of methoxy groups -OCH3 is 1. The Hall–Kier alpha value is -2.22. The number of halogens is 2. The van der Waals surface area contributed by atoms with Crippen LogP contribution in [0.25, 0.3) is 10.2 Å². The van der Waals surface area contributed by atoms with E-state index in [2.05, 4.69) is 4.99 Å². The van der Waals surface area contributed by atoms with Gasteiger partial charge in [-0.05, 0) is 43.3 Å². The molecule has 0 aliphatic rings. The van der Waals surface area contributed by atoms with Crippen LogP contribution in [-0.4, -0.2) is 30.8 Å². The highest BCUT2D eigenvalue weighted by atomic mass is 35.5. The fraction of sp³-hybridized carbons (Fsp3) is 0.263. The number of carbonyl (C=O) groups is 1. The fourth-order valence-corrected chi connectivity index (χ4v) is 3.92. The van der Waals surface area contributed by atoms with Gasteiger partial charge in [0.05, 0.1) is 34.5 Å². The lowest BCUT2D eigenvalue weighted by atomic mass is 10.2. The van der Waals surface area contributed by atoms with Gasteiger partial charge in [0.2, 0.25) is 0 Å². The zero-order chi connectivity index (χ0) is 19.4. The van der Waals surface area contributed by atoms with Crippen molar-refractivity contribution < 1.29 is 18.7 Å². The normalized spacial score (nSPS) is 11.9. The molecule has 3 aromatic rings. The van der Waals surface area contributed by atoms with Crippen LogP contribution in [0.4, 0.5) is 4.39 Å². The first kappa shape index (κ1) is 19.5. The molecule has 2 aromatic carbocycles. The van der Waals surface area contributed by atoms with Gasteiger partial charge in [-0.1, -0.05) is 22.9 Å². The molecule has 1 heterocycles. The molecule has 27 heavy (non-hydrogen) atoms. The summed E-state index contributed by atoms with van der Waals surface area (Å²) in [5.41, 5.74) is 1.08. The molecule has 0 unspecified atom stereocenters. The zero-order valence-electron chi connectivity index (χ0n) is 14.9. The molecule has 5 nitrogen and oxygen atoms in total. The quantitative estimate of drug-likeness (QED) is 0.572. The SMILES string of the molecule is CCOCCn1c(=NC(=O)c2ccc(F)cc2Cl)sc2cc(OC)ccc21. The molecule has 0 fully saturated rings. The fourth-order valence-electron chi connectivity index (χ4n) is 2.59. The van der Waals surface area contributed by atoms with Gasteiger partial charge in [0, 0.05) is 13.2 Å². The minimum absolute atomic E-state index is 0.0346. The van der Waals surface area contributed by atoms with Gasteiger partial charge in [-0.2, -0.15) is 4.99 Å². The van der Waals surface area contributed by atoms with Crippen molar-refractivity contribution in [1.29, 1.82) is 0 Å². The van der Waals surface area contributed by atoms with Crippen molar-refractivity contribution in [2.75, 3.05) is 20.3 Å². The van der Waals surface area contributed by atoms with Crippen molar-refractivity contribution in [3.8, 4) is 5.75 Å². The molecule has 1 aromatic heterocycles. The van der Waals surface area contributed by atoms with Crippen LogP contribution in [0.3, 0.4) is 0 Å². The third kappa shape index (κ3) is 4.37. The van der Waals surface area contributed by atoms with Crippen molar-refractivity contribution >= 4 is 39.1 Å². The molecule has 0 radical (unpaired) electrons. The lowest BCUT2D eigenvalue weighted by Gasteiger charge is -2.06. The van der Waals surface area contributed by atoms with Crippen LogP contribution in [0.15, 0.2) is 41.4 Å². The van der Waals surface area contributed by atoms with Crippen molar-refractivity contribution in [1.82, 2.24) is 4.57 Å². The summed E-state index contributed by atoms with van der Waals surface area (Å²) in [5.74, 6) is -0.305. The first-order chi connectivity index (χ1) is 13.0. The minimum atomic E-state index is -0.524. The first-order valence-electron chi connectivity index (χ1n) is 8.32. The highest BCUT2D eigenvalue weighted by molar-refractivity contribution is 7.16. The number of thiazole rings is 1. The number of nitrogens with zero attached hydrogens (tertiary/aromatic N) is 2. The van der Waals surface area contributed by atoms with Gasteiger partial charge >= 0.3 is 0 Å². The molecule has 142 valence electrons. The molecule has 0 saturated carbocycles. The third-order valence-electron chi connectivity index (χ3n) is 3.91. The Bertz CT molecular complexity index is 1050. The smallest absolute Gasteiger partial charge is 0.281 e.